The Bertz CT molecular complexity index is 1450. The van der Waals surface area contributed by atoms with Crippen molar-refractivity contribution in [2.24, 2.45) is 0 Å². The minimum atomic E-state index is -0.124. The Labute approximate surface area is 200 Å². The van der Waals surface area contributed by atoms with Crippen molar-refractivity contribution in [2.45, 2.75) is 13.8 Å². The highest BCUT2D eigenvalue weighted by atomic mass is 16.1. The first-order valence-electron chi connectivity index (χ1n) is 11.3. The average Bonchev–Trinajstić information content (AvgIpc) is 2.86. The smallest absolute Gasteiger partial charge is 0.196 e. The van der Waals surface area contributed by atoms with Gasteiger partial charge in [-0.15, -0.1) is 0 Å². The van der Waals surface area contributed by atoms with Gasteiger partial charge in [-0.2, -0.15) is 0 Å². The van der Waals surface area contributed by atoms with Gasteiger partial charge in [0.05, 0.1) is 16.9 Å². The standard InChI is InChI=1S/C30H26N2O2/c1-19-11-5-9-15-24(19)31(3)26-18-17-23-27(28(26)32(4)25-16-10-6-12-20(25)2)30(34)22-14-8-7-13-21(22)29(23)33/h5-18H,1-4H3. The summed E-state index contributed by atoms with van der Waals surface area (Å²) in [5.41, 5.74) is 7.63. The molecule has 168 valence electrons. The second kappa shape index (κ2) is 8.31. The van der Waals surface area contributed by atoms with Crippen molar-refractivity contribution in [3.63, 3.8) is 0 Å². The van der Waals surface area contributed by atoms with Crippen LogP contribution in [0.15, 0.2) is 84.9 Å². The molecule has 0 N–H and O–H groups in total. The summed E-state index contributed by atoms with van der Waals surface area (Å²) < 4.78 is 0. The zero-order valence-corrected chi connectivity index (χ0v) is 19.8. The summed E-state index contributed by atoms with van der Waals surface area (Å²) >= 11 is 0. The maximum atomic E-state index is 13.9. The number of anilines is 4. The lowest BCUT2D eigenvalue weighted by Crippen LogP contribution is -2.27. The van der Waals surface area contributed by atoms with Gasteiger partial charge in [-0.1, -0.05) is 60.7 Å². The summed E-state index contributed by atoms with van der Waals surface area (Å²) in [6.45, 7) is 4.12. The highest BCUT2D eigenvalue weighted by molar-refractivity contribution is 6.31. The first-order valence-corrected chi connectivity index (χ1v) is 11.3. The summed E-state index contributed by atoms with van der Waals surface area (Å²) in [6.07, 6.45) is 0. The van der Waals surface area contributed by atoms with E-state index in [2.05, 4.69) is 24.0 Å². The van der Waals surface area contributed by atoms with Gasteiger partial charge in [-0.25, -0.2) is 0 Å². The largest absolute Gasteiger partial charge is 0.343 e. The van der Waals surface area contributed by atoms with Crippen LogP contribution in [-0.2, 0) is 0 Å². The van der Waals surface area contributed by atoms with Crippen molar-refractivity contribution in [3.05, 3.63) is 118 Å². The molecule has 1 aliphatic rings. The van der Waals surface area contributed by atoms with Crippen LogP contribution in [0.3, 0.4) is 0 Å². The van der Waals surface area contributed by atoms with Crippen molar-refractivity contribution in [1.29, 1.82) is 0 Å². The first kappa shape index (κ1) is 21.7. The van der Waals surface area contributed by atoms with Crippen LogP contribution < -0.4 is 9.80 Å². The second-order valence-corrected chi connectivity index (χ2v) is 8.75. The number of carbonyl (C=O) groups excluding carboxylic acids is 2. The van der Waals surface area contributed by atoms with Gasteiger partial charge in [0, 0.05) is 42.2 Å². The highest BCUT2D eigenvalue weighted by Gasteiger charge is 2.35. The van der Waals surface area contributed by atoms with Crippen LogP contribution in [0, 0.1) is 13.8 Å². The molecule has 1 aliphatic carbocycles. The third kappa shape index (κ3) is 3.30. The Morgan fingerprint density at radius 3 is 1.59 bits per heavy atom. The minimum Gasteiger partial charge on any atom is -0.343 e. The number of carbonyl (C=O) groups is 2. The van der Waals surface area contributed by atoms with E-state index in [0.29, 0.717) is 22.3 Å². The van der Waals surface area contributed by atoms with Gasteiger partial charge in [0.15, 0.2) is 11.6 Å². The van der Waals surface area contributed by atoms with Crippen molar-refractivity contribution in [3.8, 4) is 0 Å². The number of hydrogen-bond acceptors (Lipinski definition) is 4. The normalized spacial score (nSPS) is 12.2. The van der Waals surface area contributed by atoms with Crippen LogP contribution in [0.25, 0.3) is 0 Å². The molecule has 0 saturated carbocycles. The maximum Gasteiger partial charge on any atom is 0.196 e. The lowest BCUT2D eigenvalue weighted by atomic mass is 9.82. The van der Waals surface area contributed by atoms with Crippen LogP contribution in [0.4, 0.5) is 22.7 Å². The fourth-order valence-electron chi connectivity index (χ4n) is 4.90. The van der Waals surface area contributed by atoms with Gasteiger partial charge in [0.2, 0.25) is 0 Å². The SMILES string of the molecule is Cc1ccccc1N(C)c1ccc2c(c1N(C)c1ccccc1C)C(=O)c1ccccc1C2=O. The predicted molar refractivity (Wildman–Crippen MR) is 138 cm³/mol. The monoisotopic (exact) mass is 446 g/mol. The van der Waals surface area contributed by atoms with Gasteiger partial charge < -0.3 is 9.80 Å². The third-order valence-electron chi connectivity index (χ3n) is 6.70. The van der Waals surface area contributed by atoms with Gasteiger partial charge in [0.25, 0.3) is 0 Å². The summed E-state index contributed by atoms with van der Waals surface area (Å²) in [6, 6.07) is 27.1. The number of fused-ring (bicyclic) bond motifs is 2. The molecule has 5 rings (SSSR count). The number of ketones is 2. The molecule has 0 atom stereocenters. The molecule has 0 aliphatic heterocycles. The molecule has 0 saturated heterocycles. The lowest BCUT2D eigenvalue weighted by molar-refractivity contribution is 0.0979. The van der Waals surface area contributed by atoms with Crippen molar-refractivity contribution >= 4 is 34.3 Å². The van der Waals surface area contributed by atoms with E-state index in [-0.39, 0.29) is 11.6 Å². The predicted octanol–water partition coefficient (Wildman–Crippen LogP) is 6.61. The summed E-state index contributed by atoms with van der Waals surface area (Å²) in [7, 11) is 3.97. The lowest BCUT2D eigenvalue weighted by Gasteiger charge is -2.33. The molecule has 34 heavy (non-hydrogen) atoms. The number of benzene rings is 4. The molecule has 0 fully saturated rings. The molecule has 0 aromatic heterocycles. The minimum absolute atomic E-state index is 0.116. The van der Waals surface area contributed by atoms with Crippen LogP contribution in [0.2, 0.25) is 0 Å². The molecule has 0 amide bonds. The van der Waals surface area contributed by atoms with Crippen LogP contribution in [0.1, 0.15) is 43.0 Å². The molecular formula is C30H26N2O2. The number of nitrogens with zero attached hydrogens (tertiary/aromatic N) is 2. The summed E-state index contributed by atoms with van der Waals surface area (Å²) in [5, 5.41) is 0. The van der Waals surface area contributed by atoms with Crippen molar-refractivity contribution < 1.29 is 9.59 Å². The Morgan fingerprint density at radius 1 is 0.500 bits per heavy atom. The number of rotatable bonds is 4. The number of aryl methyl sites for hydroxylation is 2. The molecular weight excluding hydrogens is 420 g/mol. The Morgan fingerprint density at radius 2 is 1.00 bits per heavy atom. The van der Waals surface area contributed by atoms with E-state index in [1.807, 2.05) is 74.4 Å². The molecule has 0 bridgehead atoms. The number of hydrogen-bond donors (Lipinski definition) is 0. The van der Waals surface area contributed by atoms with E-state index in [1.54, 1.807) is 24.3 Å². The van der Waals surface area contributed by atoms with E-state index in [1.165, 1.54) is 0 Å². The molecule has 4 aromatic rings. The molecule has 0 unspecified atom stereocenters. The molecule has 4 nitrogen and oxygen atoms in total. The quantitative estimate of drug-likeness (QED) is 0.311. The van der Waals surface area contributed by atoms with E-state index in [0.717, 1.165) is 33.9 Å². The van der Waals surface area contributed by atoms with Crippen LogP contribution in [0.5, 0.6) is 0 Å². The van der Waals surface area contributed by atoms with Gasteiger partial charge in [-0.05, 0) is 49.2 Å². The van der Waals surface area contributed by atoms with Crippen LogP contribution in [-0.4, -0.2) is 25.7 Å². The average molecular weight is 447 g/mol. The second-order valence-electron chi connectivity index (χ2n) is 8.75. The van der Waals surface area contributed by atoms with Crippen molar-refractivity contribution in [1.82, 2.24) is 0 Å². The van der Waals surface area contributed by atoms with Gasteiger partial charge in [0.1, 0.15) is 0 Å². The summed E-state index contributed by atoms with van der Waals surface area (Å²) in [4.78, 5) is 31.5. The fraction of sp³-hybridized carbons (Fsp3) is 0.133. The van der Waals surface area contributed by atoms with Gasteiger partial charge >= 0.3 is 0 Å². The molecule has 0 radical (unpaired) electrons. The van der Waals surface area contributed by atoms with Crippen LogP contribution >= 0.6 is 0 Å². The van der Waals surface area contributed by atoms with E-state index in [9.17, 15) is 9.59 Å². The Balaban J connectivity index is 1.81. The summed E-state index contributed by atoms with van der Waals surface area (Å²) in [5.74, 6) is -0.240. The van der Waals surface area contributed by atoms with E-state index < -0.39 is 0 Å². The Hall–Kier alpha value is -4.18. The van der Waals surface area contributed by atoms with E-state index >= 15 is 0 Å². The number of para-hydroxylation sites is 2. The zero-order valence-electron chi connectivity index (χ0n) is 19.8. The van der Waals surface area contributed by atoms with Gasteiger partial charge in [-0.3, -0.25) is 9.59 Å². The highest BCUT2D eigenvalue weighted by Crippen LogP contribution is 2.44. The van der Waals surface area contributed by atoms with Crippen molar-refractivity contribution in [2.75, 3.05) is 23.9 Å². The fourth-order valence-corrected chi connectivity index (χ4v) is 4.90. The third-order valence-corrected chi connectivity index (χ3v) is 6.70. The first-order chi connectivity index (χ1) is 16.4. The van der Waals surface area contributed by atoms with E-state index in [4.69, 9.17) is 0 Å². The topological polar surface area (TPSA) is 40.6 Å². The molecule has 0 heterocycles. The molecule has 0 spiro atoms. The maximum absolute atomic E-state index is 13.9. The molecule has 4 aromatic carbocycles. The zero-order chi connectivity index (χ0) is 24.0. The Kier molecular flexibility index (Phi) is 5.29. The molecule has 4 heteroatoms.